The summed E-state index contributed by atoms with van der Waals surface area (Å²) in [5.74, 6) is 0.630. The molecule has 118 valence electrons. The average molecular weight is 300 g/mol. The molecule has 1 saturated heterocycles. The fraction of sp³-hybridized carbons (Fsp3) is 0.714. The van der Waals surface area contributed by atoms with Crippen molar-refractivity contribution in [1.29, 1.82) is 0 Å². The normalized spacial score (nSPS) is 16.7. The molecule has 0 radical (unpaired) electrons. The second kappa shape index (κ2) is 7.49. The van der Waals surface area contributed by atoms with Crippen molar-refractivity contribution in [2.45, 2.75) is 44.7 Å². The summed E-state index contributed by atoms with van der Waals surface area (Å²) in [6, 6.07) is 0.485. The molecule has 0 aliphatic carbocycles. The lowest BCUT2D eigenvalue weighted by molar-refractivity contribution is -0.132. The molecule has 0 bridgehead atoms. The highest BCUT2D eigenvalue weighted by molar-refractivity contribution is 5.76. The minimum atomic E-state index is -2.41. The number of halogens is 2. The molecule has 1 aromatic heterocycles. The van der Waals surface area contributed by atoms with Crippen molar-refractivity contribution in [1.82, 2.24) is 19.8 Å². The van der Waals surface area contributed by atoms with Gasteiger partial charge >= 0.3 is 0 Å². The summed E-state index contributed by atoms with van der Waals surface area (Å²) >= 11 is 0. The maximum Gasteiger partial charge on any atom is 0.256 e. The number of hydrogen-bond donors (Lipinski definition) is 1. The molecule has 5 nitrogen and oxygen atoms in total. The number of piperidine rings is 1. The number of alkyl halides is 2. The zero-order valence-corrected chi connectivity index (χ0v) is 12.3. The van der Waals surface area contributed by atoms with Gasteiger partial charge in [-0.15, -0.1) is 0 Å². The first kappa shape index (κ1) is 15.9. The highest BCUT2D eigenvalue weighted by atomic mass is 19.3. The number of hydrogen-bond acceptors (Lipinski definition) is 3. The predicted octanol–water partition coefficient (Wildman–Crippen LogP) is 1.29. The lowest BCUT2D eigenvalue weighted by Crippen LogP contribution is -2.44. The molecule has 0 atom stereocenters. The molecule has 2 rings (SSSR count). The minimum Gasteiger partial charge on any atom is -0.343 e. The number of carbonyl (C=O) groups excluding carboxylic acids is 1. The highest BCUT2D eigenvalue weighted by Gasteiger charge is 2.21. The van der Waals surface area contributed by atoms with Gasteiger partial charge in [0, 0.05) is 44.4 Å². The van der Waals surface area contributed by atoms with Crippen LogP contribution in [-0.2, 0) is 17.8 Å². The summed E-state index contributed by atoms with van der Waals surface area (Å²) in [7, 11) is 1.94. The first-order chi connectivity index (χ1) is 10.1. The van der Waals surface area contributed by atoms with Crippen LogP contribution in [0.1, 0.15) is 25.1 Å². The zero-order valence-electron chi connectivity index (χ0n) is 12.3. The molecule has 1 aromatic rings. The third kappa shape index (κ3) is 4.49. The molecule has 1 fully saturated rings. The van der Waals surface area contributed by atoms with Crippen LogP contribution in [-0.4, -0.2) is 53.0 Å². The van der Waals surface area contributed by atoms with Crippen LogP contribution in [0.4, 0.5) is 8.78 Å². The summed E-state index contributed by atoms with van der Waals surface area (Å²) in [4.78, 5) is 18.1. The highest BCUT2D eigenvalue weighted by Crippen LogP contribution is 2.12. The van der Waals surface area contributed by atoms with E-state index in [0.29, 0.717) is 24.7 Å². The quantitative estimate of drug-likeness (QED) is 0.861. The zero-order chi connectivity index (χ0) is 15.2. The van der Waals surface area contributed by atoms with E-state index in [1.54, 1.807) is 0 Å². The fourth-order valence-corrected chi connectivity index (χ4v) is 2.68. The van der Waals surface area contributed by atoms with Crippen molar-refractivity contribution in [2.75, 3.05) is 20.1 Å². The summed E-state index contributed by atoms with van der Waals surface area (Å²) in [6.07, 6.45) is 3.28. The van der Waals surface area contributed by atoms with Crippen LogP contribution in [0.5, 0.6) is 0 Å². The van der Waals surface area contributed by atoms with Gasteiger partial charge in [0.15, 0.2) is 0 Å². The van der Waals surface area contributed by atoms with Crippen LogP contribution >= 0.6 is 0 Å². The number of amides is 1. The van der Waals surface area contributed by atoms with Gasteiger partial charge in [0.1, 0.15) is 5.82 Å². The summed E-state index contributed by atoms with van der Waals surface area (Å²) in [5, 5.41) is 3.22. The maximum absolute atomic E-state index is 12.4. The number of aromatic nitrogens is 2. The standard InChI is InChI=1S/C14H22F2N4O/c1-17-11-4-7-19(8-5-11)14(21)3-2-13-18-6-9-20(13)10-12(15)16/h6,9,11-12,17H,2-5,7-8,10H2,1H3. The monoisotopic (exact) mass is 300 g/mol. The molecule has 0 spiro atoms. The van der Waals surface area contributed by atoms with E-state index in [9.17, 15) is 13.6 Å². The number of nitrogens with zero attached hydrogens (tertiary/aromatic N) is 3. The SMILES string of the molecule is CNC1CCN(C(=O)CCc2nccn2CC(F)F)CC1. The van der Waals surface area contributed by atoms with E-state index in [4.69, 9.17) is 0 Å². The van der Waals surface area contributed by atoms with Gasteiger partial charge in [-0.05, 0) is 19.9 Å². The van der Waals surface area contributed by atoms with Crippen LogP contribution in [0.2, 0.25) is 0 Å². The molecule has 1 N–H and O–H groups in total. The van der Waals surface area contributed by atoms with Crippen molar-refractivity contribution in [3.8, 4) is 0 Å². The van der Waals surface area contributed by atoms with Crippen molar-refractivity contribution in [3.05, 3.63) is 18.2 Å². The van der Waals surface area contributed by atoms with E-state index in [1.807, 2.05) is 11.9 Å². The minimum absolute atomic E-state index is 0.0798. The van der Waals surface area contributed by atoms with Crippen molar-refractivity contribution in [2.24, 2.45) is 0 Å². The Bertz CT molecular complexity index is 456. The molecule has 2 heterocycles. The molecule has 0 aromatic carbocycles. The van der Waals surface area contributed by atoms with E-state index in [2.05, 4.69) is 10.3 Å². The number of carbonyl (C=O) groups is 1. The predicted molar refractivity (Wildman–Crippen MR) is 75.2 cm³/mol. The van der Waals surface area contributed by atoms with Gasteiger partial charge in [-0.2, -0.15) is 0 Å². The van der Waals surface area contributed by atoms with E-state index in [-0.39, 0.29) is 12.5 Å². The van der Waals surface area contributed by atoms with Crippen molar-refractivity contribution < 1.29 is 13.6 Å². The van der Waals surface area contributed by atoms with Gasteiger partial charge in [0.2, 0.25) is 5.91 Å². The first-order valence-electron chi connectivity index (χ1n) is 7.33. The number of imidazole rings is 1. The van der Waals surface area contributed by atoms with Crippen LogP contribution in [0.25, 0.3) is 0 Å². The van der Waals surface area contributed by atoms with Crippen LogP contribution in [0.3, 0.4) is 0 Å². The smallest absolute Gasteiger partial charge is 0.256 e. The Kier molecular flexibility index (Phi) is 5.67. The molecule has 0 saturated carbocycles. The largest absolute Gasteiger partial charge is 0.343 e. The van der Waals surface area contributed by atoms with Crippen LogP contribution in [0, 0.1) is 0 Å². The topological polar surface area (TPSA) is 50.2 Å². The summed E-state index contributed by atoms with van der Waals surface area (Å²) < 4.78 is 26.2. The van der Waals surface area contributed by atoms with Crippen LogP contribution < -0.4 is 5.32 Å². The van der Waals surface area contributed by atoms with E-state index in [0.717, 1.165) is 25.9 Å². The van der Waals surface area contributed by atoms with Gasteiger partial charge in [0.25, 0.3) is 6.43 Å². The Hall–Kier alpha value is -1.50. The molecule has 7 heteroatoms. The molecule has 1 aliphatic heterocycles. The number of likely N-dealkylation sites (tertiary alicyclic amines) is 1. The lowest BCUT2D eigenvalue weighted by atomic mass is 10.0. The molecular weight excluding hydrogens is 278 g/mol. The van der Waals surface area contributed by atoms with Gasteiger partial charge in [0.05, 0.1) is 6.54 Å². The number of nitrogens with one attached hydrogen (secondary N) is 1. The fourth-order valence-electron chi connectivity index (χ4n) is 2.68. The molecular formula is C14H22F2N4O. The Balaban J connectivity index is 1.80. The number of aryl methyl sites for hydroxylation is 1. The van der Waals surface area contributed by atoms with Gasteiger partial charge in [-0.3, -0.25) is 4.79 Å². The Morgan fingerprint density at radius 1 is 1.48 bits per heavy atom. The average Bonchev–Trinajstić information content (AvgIpc) is 2.91. The summed E-state index contributed by atoms with van der Waals surface area (Å²) in [6.45, 7) is 1.16. The Morgan fingerprint density at radius 3 is 2.81 bits per heavy atom. The second-order valence-electron chi connectivity index (χ2n) is 5.33. The van der Waals surface area contributed by atoms with E-state index >= 15 is 0 Å². The maximum atomic E-state index is 12.4. The molecule has 0 unspecified atom stereocenters. The Labute approximate surface area is 123 Å². The van der Waals surface area contributed by atoms with E-state index < -0.39 is 6.43 Å². The van der Waals surface area contributed by atoms with Crippen molar-refractivity contribution >= 4 is 5.91 Å². The summed E-state index contributed by atoms with van der Waals surface area (Å²) in [5.41, 5.74) is 0. The third-order valence-electron chi connectivity index (χ3n) is 3.95. The van der Waals surface area contributed by atoms with Gasteiger partial charge in [-0.25, -0.2) is 13.8 Å². The van der Waals surface area contributed by atoms with Gasteiger partial charge < -0.3 is 14.8 Å². The molecule has 21 heavy (non-hydrogen) atoms. The van der Waals surface area contributed by atoms with Crippen molar-refractivity contribution in [3.63, 3.8) is 0 Å². The number of rotatable bonds is 6. The Morgan fingerprint density at radius 2 is 2.19 bits per heavy atom. The molecule has 1 amide bonds. The van der Waals surface area contributed by atoms with Crippen LogP contribution in [0.15, 0.2) is 12.4 Å². The molecule has 1 aliphatic rings. The lowest BCUT2D eigenvalue weighted by Gasteiger charge is -2.31. The van der Waals surface area contributed by atoms with Gasteiger partial charge in [-0.1, -0.05) is 0 Å². The second-order valence-corrected chi connectivity index (χ2v) is 5.33. The first-order valence-corrected chi connectivity index (χ1v) is 7.33. The third-order valence-corrected chi connectivity index (χ3v) is 3.95. The van der Waals surface area contributed by atoms with E-state index in [1.165, 1.54) is 17.0 Å².